The van der Waals surface area contributed by atoms with Gasteiger partial charge in [0.15, 0.2) is 11.5 Å². The summed E-state index contributed by atoms with van der Waals surface area (Å²) in [6.07, 6.45) is 1.43. The molecule has 0 aliphatic carbocycles. The molecule has 0 bridgehead atoms. The van der Waals surface area contributed by atoms with Gasteiger partial charge in [0.1, 0.15) is 4.91 Å². The molecule has 0 aliphatic rings. The molecule has 0 spiro atoms. The molecule has 1 aromatic heterocycles. The van der Waals surface area contributed by atoms with Crippen LogP contribution in [0.4, 0.5) is 0 Å². The van der Waals surface area contributed by atoms with Crippen LogP contribution in [-0.2, 0) is 4.79 Å². The molecule has 0 atom stereocenters. The Hall–Kier alpha value is -2.24. The fraction of sp³-hybridized carbons (Fsp3) is 0.0556. The first-order valence-electron chi connectivity index (χ1n) is 7.66. The average Bonchev–Trinajstić information content (AvgIpc) is 3.13. The van der Waals surface area contributed by atoms with E-state index in [0.717, 1.165) is 11.8 Å². The van der Waals surface area contributed by atoms with E-state index < -0.39 is 5.97 Å². The number of phenols is 1. The highest BCUT2D eigenvalue weighted by atomic mass is 127. The first-order chi connectivity index (χ1) is 13.4. The molecule has 0 amide bonds. The molecule has 0 unspecified atom stereocenters. The van der Waals surface area contributed by atoms with Crippen LogP contribution in [0.15, 0.2) is 50.9 Å². The fourth-order valence-corrected chi connectivity index (χ4v) is 3.60. The van der Waals surface area contributed by atoms with Crippen LogP contribution < -0.4 is 4.74 Å². The van der Waals surface area contributed by atoms with Crippen molar-refractivity contribution in [2.24, 2.45) is 0 Å². The van der Waals surface area contributed by atoms with Crippen LogP contribution in [0.3, 0.4) is 0 Å². The van der Waals surface area contributed by atoms with Crippen molar-refractivity contribution < 1.29 is 24.2 Å². The van der Waals surface area contributed by atoms with Gasteiger partial charge in [-0.25, -0.2) is 4.79 Å². The molecule has 1 heterocycles. The number of nitrogens with zero attached hydrogens (tertiary/aromatic N) is 2. The number of benzene rings is 2. The van der Waals surface area contributed by atoms with E-state index in [2.05, 4.69) is 10.2 Å². The first kappa shape index (κ1) is 20.5. The second-order valence-electron chi connectivity index (χ2n) is 5.35. The lowest BCUT2D eigenvalue weighted by molar-refractivity contribution is -0.131. The summed E-state index contributed by atoms with van der Waals surface area (Å²) in [5.74, 6) is -0.659. The molecule has 0 saturated carbocycles. The lowest BCUT2D eigenvalue weighted by atomic mass is 10.2. The SMILES string of the molecule is COc1cc(/C=C(\Sc2nnc(-c3ccc(Cl)cc3)o2)C(=O)O)cc(I)c1O. The predicted molar refractivity (Wildman–Crippen MR) is 114 cm³/mol. The van der Waals surface area contributed by atoms with Crippen molar-refractivity contribution in [1.82, 2.24) is 10.2 Å². The first-order valence-corrected chi connectivity index (χ1v) is 9.93. The van der Waals surface area contributed by atoms with Crippen LogP contribution in [0, 0.1) is 3.57 Å². The summed E-state index contributed by atoms with van der Waals surface area (Å²) in [4.78, 5) is 11.6. The van der Waals surface area contributed by atoms with Gasteiger partial charge in [0.2, 0.25) is 5.89 Å². The smallest absolute Gasteiger partial charge is 0.342 e. The summed E-state index contributed by atoms with van der Waals surface area (Å²) in [6, 6.07) is 10.0. The predicted octanol–water partition coefficient (Wildman–Crippen LogP) is 4.93. The number of carbonyl (C=O) groups is 1. The minimum atomic E-state index is -1.15. The van der Waals surface area contributed by atoms with Gasteiger partial charge in [0.25, 0.3) is 5.22 Å². The van der Waals surface area contributed by atoms with E-state index in [1.54, 1.807) is 30.3 Å². The third-order valence-electron chi connectivity index (χ3n) is 3.47. The maximum absolute atomic E-state index is 11.7. The van der Waals surface area contributed by atoms with Crippen molar-refractivity contribution in [3.8, 4) is 23.0 Å². The molecule has 0 aliphatic heterocycles. The van der Waals surface area contributed by atoms with E-state index in [9.17, 15) is 15.0 Å². The Morgan fingerprint density at radius 3 is 2.64 bits per heavy atom. The van der Waals surface area contributed by atoms with Crippen LogP contribution in [0.1, 0.15) is 5.56 Å². The van der Waals surface area contributed by atoms with Gasteiger partial charge in [-0.3, -0.25) is 0 Å². The largest absolute Gasteiger partial charge is 0.504 e. The topological polar surface area (TPSA) is 106 Å². The zero-order chi connectivity index (χ0) is 20.3. The van der Waals surface area contributed by atoms with Crippen molar-refractivity contribution in [3.05, 3.63) is 55.5 Å². The Labute approximate surface area is 182 Å². The third-order valence-corrected chi connectivity index (χ3v) is 5.40. The normalized spacial score (nSPS) is 11.5. The van der Waals surface area contributed by atoms with E-state index in [1.165, 1.54) is 19.3 Å². The van der Waals surface area contributed by atoms with E-state index >= 15 is 0 Å². The maximum Gasteiger partial charge on any atom is 0.342 e. The summed E-state index contributed by atoms with van der Waals surface area (Å²) < 4.78 is 11.2. The Morgan fingerprint density at radius 1 is 1.29 bits per heavy atom. The molecule has 3 rings (SSSR count). The van der Waals surface area contributed by atoms with E-state index in [-0.39, 0.29) is 27.5 Å². The number of carboxylic acids is 1. The van der Waals surface area contributed by atoms with Gasteiger partial charge < -0.3 is 19.4 Å². The van der Waals surface area contributed by atoms with E-state index in [0.29, 0.717) is 19.7 Å². The number of halogens is 2. The molecule has 10 heteroatoms. The number of aromatic nitrogens is 2. The molecule has 0 radical (unpaired) electrons. The minimum absolute atomic E-state index is 0.00529. The number of aliphatic carboxylic acids is 1. The molecule has 0 fully saturated rings. The monoisotopic (exact) mass is 530 g/mol. The number of rotatable bonds is 6. The molecule has 28 heavy (non-hydrogen) atoms. The lowest BCUT2D eigenvalue weighted by Crippen LogP contribution is -1.97. The van der Waals surface area contributed by atoms with Crippen LogP contribution in [-0.4, -0.2) is 33.5 Å². The summed E-state index contributed by atoms with van der Waals surface area (Å²) in [7, 11) is 1.42. The third kappa shape index (κ3) is 4.78. The Kier molecular flexibility index (Phi) is 6.47. The molecule has 3 aromatic rings. The molecule has 7 nitrogen and oxygen atoms in total. The fourth-order valence-electron chi connectivity index (χ4n) is 2.17. The molecule has 0 saturated heterocycles. The molecular weight excluding hydrogens is 519 g/mol. The molecular formula is C18H12ClIN2O5S. The highest BCUT2D eigenvalue weighted by molar-refractivity contribution is 14.1. The highest BCUT2D eigenvalue weighted by Gasteiger charge is 2.17. The zero-order valence-electron chi connectivity index (χ0n) is 14.2. The standard InChI is InChI=1S/C18H12ClIN2O5S/c1-26-13-7-9(6-12(20)15(13)23)8-14(17(24)25)28-18-22-21-16(27-18)10-2-4-11(19)5-3-10/h2-8,23H,1H3,(H,24,25)/b14-8-. The number of hydrogen-bond acceptors (Lipinski definition) is 7. The van der Waals surface area contributed by atoms with E-state index in [4.69, 9.17) is 20.8 Å². The van der Waals surface area contributed by atoms with Gasteiger partial charge >= 0.3 is 5.97 Å². The van der Waals surface area contributed by atoms with Crippen LogP contribution in [0.2, 0.25) is 5.02 Å². The van der Waals surface area contributed by atoms with Crippen LogP contribution >= 0.6 is 46.0 Å². The number of thioether (sulfide) groups is 1. The molecule has 2 aromatic carbocycles. The van der Waals surface area contributed by atoms with Crippen LogP contribution in [0.5, 0.6) is 11.5 Å². The summed E-state index contributed by atoms with van der Waals surface area (Å²) in [6.45, 7) is 0. The number of ether oxygens (including phenoxy) is 1. The lowest BCUT2D eigenvalue weighted by Gasteiger charge is -2.07. The minimum Gasteiger partial charge on any atom is -0.504 e. The second-order valence-corrected chi connectivity index (χ2v) is 7.94. The Balaban J connectivity index is 1.88. The van der Waals surface area contributed by atoms with Gasteiger partial charge in [0, 0.05) is 10.6 Å². The molecule has 2 N–H and O–H groups in total. The average molecular weight is 531 g/mol. The van der Waals surface area contributed by atoms with Gasteiger partial charge in [0.05, 0.1) is 10.7 Å². The number of phenolic OH excluding ortho intramolecular Hbond substituents is 1. The van der Waals surface area contributed by atoms with Gasteiger partial charge in [-0.1, -0.05) is 11.6 Å². The Morgan fingerprint density at radius 2 is 2.00 bits per heavy atom. The molecule has 144 valence electrons. The number of carboxylic acid groups (broad SMARTS) is 1. The van der Waals surface area contributed by atoms with Crippen LogP contribution in [0.25, 0.3) is 17.5 Å². The van der Waals surface area contributed by atoms with Crippen molar-refractivity contribution in [2.75, 3.05) is 7.11 Å². The number of aromatic hydroxyl groups is 1. The summed E-state index contributed by atoms with van der Waals surface area (Å²) in [5, 5.41) is 27.9. The van der Waals surface area contributed by atoms with Crippen molar-refractivity contribution in [2.45, 2.75) is 5.22 Å². The van der Waals surface area contributed by atoms with Gasteiger partial charge in [-0.05, 0) is 82.4 Å². The maximum atomic E-state index is 11.7. The number of hydrogen-bond donors (Lipinski definition) is 2. The quantitative estimate of drug-likeness (QED) is 0.263. The Bertz CT molecular complexity index is 1050. The summed E-state index contributed by atoms with van der Waals surface area (Å²) >= 11 is 8.62. The van der Waals surface area contributed by atoms with Crippen molar-refractivity contribution in [3.63, 3.8) is 0 Å². The van der Waals surface area contributed by atoms with Gasteiger partial charge in [-0.15, -0.1) is 10.2 Å². The number of methoxy groups -OCH3 is 1. The summed E-state index contributed by atoms with van der Waals surface area (Å²) in [5.41, 5.74) is 1.21. The van der Waals surface area contributed by atoms with Crippen molar-refractivity contribution >= 4 is 58.0 Å². The van der Waals surface area contributed by atoms with Crippen molar-refractivity contribution in [1.29, 1.82) is 0 Å². The van der Waals surface area contributed by atoms with Gasteiger partial charge in [-0.2, -0.15) is 0 Å². The second kappa shape index (κ2) is 8.84. The highest BCUT2D eigenvalue weighted by Crippen LogP contribution is 2.35. The zero-order valence-corrected chi connectivity index (χ0v) is 17.9. The van der Waals surface area contributed by atoms with E-state index in [1.807, 2.05) is 22.6 Å².